The summed E-state index contributed by atoms with van der Waals surface area (Å²) in [4.78, 5) is 12.5. The summed E-state index contributed by atoms with van der Waals surface area (Å²) in [6, 6.07) is 4.10. The molecule has 3 heterocycles. The van der Waals surface area contributed by atoms with Crippen molar-refractivity contribution < 1.29 is 5.21 Å². The van der Waals surface area contributed by atoms with Crippen molar-refractivity contribution in [3.8, 4) is 0 Å². The summed E-state index contributed by atoms with van der Waals surface area (Å²) < 4.78 is 0. The van der Waals surface area contributed by atoms with Gasteiger partial charge in [0.25, 0.3) is 0 Å². The molecule has 1 atom stereocenters. The second kappa shape index (κ2) is 5.33. The molecule has 2 aromatic rings. The first-order valence-corrected chi connectivity index (χ1v) is 7.64. The predicted molar refractivity (Wildman–Crippen MR) is 83.1 cm³/mol. The molecule has 7 heteroatoms. The Morgan fingerprint density at radius 1 is 1.52 bits per heavy atom. The molecule has 0 spiro atoms. The van der Waals surface area contributed by atoms with Crippen molar-refractivity contribution in [2.45, 2.75) is 26.3 Å². The molecule has 6 nitrogen and oxygen atoms in total. The zero-order valence-corrected chi connectivity index (χ0v) is 12.8. The van der Waals surface area contributed by atoms with Crippen molar-refractivity contribution in [2.75, 3.05) is 11.4 Å². The molecule has 2 aromatic heterocycles. The van der Waals surface area contributed by atoms with Crippen LogP contribution in [0.25, 0.3) is 0 Å². The van der Waals surface area contributed by atoms with Gasteiger partial charge in [0.1, 0.15) is 5.69 Å². The highest BCUT2D eigenvalue weighted by Gasteiger charge is 2.27. The number of fused-ring (bicyclic) bond motifs is 1. The number of amidine groups is 1. The fraction of sp³-hybridized carbons (Fsp3) is 0.357. The molecule has 0 radical (unpaired) electrons. The van der Waals surface area contributed by atoms with Gasteiger partial charge in [-0.3, -0.25) is 0 Å². The Morgan fingerprint density at radius 2 is 2.33 bits per heavy atom. The lowest BCUT2D eigenvalue weighted by Gasteiger charge is -2.33. The van der Waals surface area contributed by atoms with Crippen LogP contribution in [0.4, 0.5) is 5.95 Å². The molecule has 0 amide bonds. The van der Waals surface area contributed by atoms with E-state index in [0.29, 0.717) is 11.6 Å². The van der Waals surface area contributed by atoms with Gasteiger partial charge in [-0.1, -0.05) is 5.16 Å². The average Bonchev–Trinajstić information content (AvgIpc) is 2.95. The molecule has 1 aliphatic heterocycles. The Labute approximate surface area is 126 Å². The van der Waals surface area contributed by atoms with E-state index in [1.165, 1.54) is 10.4 Å². The molecule has 21 heavy (non-hydrogen) atoms. The van der Waals surface area contributed by atoms with Crippen molar-refractivity contribution in [3.63, 3.8) is 0 Å². The fourth-order valence-electron chi connectivity index (χ4n) is 2.65. The minimum Gasteiger partial charge on any atom is -0.409 e. The van der Waals surface area contributed by atoms with Gasteiger partial charge in [0, 0.05) is 17.1 Å². The van der Waals surface area contributed by atoms with Crippen LogP contribution in [-0.2, 0) is 6.42 Å². The maximum absolute atomic E-state index is 8.83. The lowest BCUT2D eigenvalue weighted by atomic mass is 10.0. The van der Waals surface area contributed by atoms with Crippen LogP contribution in [0.2, 0.25) is 0 Å². The summed E-state index contributed by atoms with van der Waals surface area (Å²) in [5.41, 5.74) is 8.23. The van der Waals surface area contributed by atoms with Gasteiger partial charge in [0.2, 0.25) is 5.95 Å². The van der Waals surface area contributed by atoms with E-state index in [1.54, 1.807) is 17.4 Å². The van der Waals surface area contributed by atoms with Crippen LogP contribution >= 0.6 is 11.3 Å². The number of rotatable bonds is 2. The molecule has 0 fully saturated rings. The minimum absolute atomic E-state index is 0.00244. The molecule has 0 saturated carbocycles. The summed E-state index contributed by atoms with van der Waals surface area (Å²) in [5, 5.41) is 14.0. The maximum atomic E-state index is 8.83. The van der Waals surface area contributed by atoms with Gasteiger partial charge in [0.15, 0.2) is 5.84 Å². The lowest BCUT2D eigenvalue weighted by molar-refractivity contribution is 0.318. The number of hydrogen-bond donors (Lipinski definition) is 2. The number of nitrogens with two attached hydrogens (primary N) is 1. The van der Waals surface area contributed by atoms with Crippen LogP contribution in [0.3, 0.4) is 0 Å². The Morgan fingerprint density at radius 3 is 3.10 bits per heavy atom. The SMILES string of the molecule is Cc1cc(/C(N)=N/O)nc(N2CCc3sccc3C2C)n1. The van der Waals surface area contributed by atoms with E-state index in [9.17, 15) is 0 Å². The number of hydrogen-bond acceptors (Lipinski definition) is 6. The normalized spacial score (nSPS) is 18.7. The zero-order chi connectivity index (χ0) is 15.0. The van der Waals surface area contributed by atoms with Gasteiger partial charge in [-0.25, -0.2) is 9.97 Å². The standard InChI is InChI=1S/C14H17N5OS/c1-8-7-11(13(15)18-20)17-14(16-8)19-5-3-12-10(9(19)2)4-6-21-12/h4,6-7,9,20H,3,5H2,1-2H3,(H2,15,18). The van der Waals surface area contributed by atoms with Crippen LogP contribution in [-0.4, -0.2) is 27.6 Å². The van der Waals surface area contributed by atoms with Crippen molar-refractivity contribution in [1.29, 1.82) is 0 Å². The second-order valence-electron chi connectivity index (χ2n) is 5.10. The van der Waals surface area contributed by atoms with Crippen LogP contribution in [0.5, 0.6) is 0 Å². The summed E-state index contributed by atoms with van der Waals surface area (Å²) in [6.07, 6.45) is 0.994. The van der Waals surface area contributed by atoms with Gasteiger partial charge in [0.05, 0.1) is 6.04 Å². The third-order valence-electron chi connectivity index (χ3n) is 3.75. The molecule has 1 aliphatic rings. The molecule has 3 N–H and O–H groups in total. The van der Waals surface area contributed by atoms with Gasteiger partial charge < -0.3 is 15.8 Å². The van der Waals surface area contributed by atoms with E-state index in [0.717, 1.165) is 18.7 Å². The molecule has 0 aromatic carbocycles. The smallest absolute Gasteiger partial charge is 0.226 e. The molecular weight excluding hydrogens is 286 g/mol. The van der Waals surface area contributed by atoms with E-state index < -0.39 is 0 Å². The molecule has 3 rings (SSSR count). The Hall–Kier alpha value is -2.15. The lowest BCUT2D eigenvalue weighted by Crippen LogP contribution is -2.35. The largest absolute Gasteiger partial charge is 0.409 e. The third kappa shape index (κ3) is 2.44. The molecule has 0 saturated heterocycles. The minimum atomic E-state index is 0.00244. The monoisotopic (exact) mass is 303 g/mol. The number of anilines is 1. The van der Waals surface area contributed by atoms with Crippen LogP contribution in [0.15, 0.2) is 22.7 Å². The quantitative estimate of drug-likeness (QED) is 0.384. The molecular formula is C14H17N5OS. The first kappa shape index (κ1) is 13.8. The average molecular weight is 303 g/mol. The Kier molecular flexibility index (Phi) is 3.50. The Balaban J connectivity index is 2.00. The highest BCUT2D eigenvalue weighted by molar-refractivity contribution is 7.10. The molecule has 0 aliphatic carbocycles. The van der Waals surface area contributed by atoms with Gasteiger partial charge in [-0.05, 0) is 43.3 Å². The number of aryl methyl sites for hydroxylation is 1. The van der Waals surface area contributed by atoms with E-state index >= 15 is 0 Å². The Bertz CT molecular complexity index is 696. The van der Waals surface area contributed by atoms with Gasteiger partial charge >= 0.3 is 0 Å². The molecule has 1 unspecified atom stereocenters. The van der Waals surface area contributed by atoms with E-state index in [2.05, 4.69) is 38.4 Å². The molecule has 110 valence electrons. The van der Waals surface area contributed by atoms with E-state index in [4.69, 9.17) is 10.9 Å². The highest BCUT2D eigenvalue weighted by atomic mass is 32.1. The fourth-order valence-corrected chi connectivity index (χ4v) is 3.61. The van der Waals surface area contributed by atoms with Gasteiger partial charge in [-0.2, -0.15) is 0 Å². The van der Waals surface area contributed by atoms with Crippen LogP contribution in [0.1, 0.15) is 34.8 Å². The summed E-state index contributed by atoms with van der Waals surface area (Å²) in [6.45, 7) is 4.90. The van der Waals surface area contributed by atoms with Crippen molar-refractivity contribution in [3.05, 3.63) is 39.3 Å². The highest BCUT2D eigenvalue weighted by Crippen LogP contribution is 2.34. The van der Waals surface area contributed by atoms with Crippen LogP contribution in [0, 0.1) is 6.92 Å². The number of nitrogens with zero attached hydrogens (tertiary/aromatic N) is 4. The molecule has 0 bridgehead atoms. The van der Waals surface area contributed by atoms with E-state index in [1.807, 2.05) is 6.92 Å². The number of oxime groups is 1. The predicted octanol–water partition coefficient (Wildman–Crippen LogP) is 2.06. The second-order valence-corrected chi connectivity index (χ2v) is 6.10. The van der Waals surface area contributed by atoms with Gasteiger partial charge in [-0.15, -0.1) is 11.3 Å². The van der Waals surface area contributed by atoms with Crippen molar-refractivity contribution in [1.82, 2.24) is 9.97 Å². The zero-order valence-electron chi connectivity index (χ0n) is 11.9. The summed E-state index contributed by atoms with van der Waals surface area (Å²) in [5.74, 6) is 0.628. The number of aromatic nitrogens is 2. The first-order valence-electron chi connectivity index (χ1n) is 6.76. The number of thiophene rings is 1. The first-order chi connectivity index (χ1) is 10.1. The third-order valence-corrected chi connectivity index (χ3v) is 4.74. The maximum Gasteiger partial charge on any atom is 0.226 e. The van der Waals surface area contributed by atoms with Crippen molar-refractivity contribution >= 4 is 23.1 Å². The van der Waals surface area contributed by atoms with E-state index in [-0.39, 0.29) is 11.9 Å². The van der Waals surface area contributed by atoms with Crippen LogP contribution < -0.4 is 10.6 Å². The summed E-state index contributed by atoms with van der Waals surface area (Å²) >= 11 is 1.80. The van der Waals surface area contributed by atoms with Crippen molar-refractivity contribution in [2.24, 2.45) is 10.9 Å². The summed E-state index contributed by atoms with van der Waals surface area (Å²) in [7, 11) is 0. The topological polar surface area (TPSA) is 87.6 Å².